The smallest absolute Gasteiger partial charge is 0.255 e. The molecule has 0 bridgehead atoms. The normalized spacial score (nSPS) is 28.7. The van der Waals surface area contributed by atoms with Gasteiger partial charge in [-0.2, -0.15) is 0 Å². The molecule has 0 aromatic rings. The number of halogens is 2. The maximum absolute atomic E-state index is 12.5. The van der Waals surface area contributed by atoms with E-state index in [4.69, 9.17) is 5.73 Å². The van der Waals surface area contributed by atoms with Crippen LogP contribution < -0.4 is 5.73 Å². The van der Waals surface area contributed by atoms with Crippen molar-refractivity contribution >= 4 is 5.91 Å². The van der Waals surface area contributed by atoms with Crippen molar-refractivity contribution in [2.45, 2.75) is 44.6 Å². The van der Waals surface area contributed by atoms with Gasteiger partial charge in [-0.1, -0.05) is 6.42 Å². The number of nitrogens with two attached hydrogens (primary N) is 1. The lowest BCUT2D eigenvalue weighted by Gasteiger charge is -2.27. The second-order valence-electron chi connectivity index (χ2n) is 5.15. The summed E-state index contributed by atoms with van der Waals surface area (Å²) in [7, 11) is 0. The van der Waals surface area contributed by atoms with Gasteiger partial charge < -0.3 is 10.6 Å². The van der Waals surface area contributed by atoms with Crippen molar-refractivity contribution in [3.8, 4) is 0 Å². The van der Waals surface area contributed by atoms with Crippen LogP contribution in [-0.2, 0) is 4.79 Å². The third-order valence-corrected chi connectivity index (χ3v) is 3.88. The van der Waals surface area contributed by atoms with Crippen LogP contribution in [0.1, 0.15) is 32.1 Å². The summed E-state index contributed by atoms with van der Waals surface area (Å²) in [6.07, 6.45) is 2.08. The summed E-state index contributed by atoms with van der Waals surface area (Å²) >= 11 is 0. The fraction of sp³-hybridized carbons (Fsp3) is 0.917. The Labute approximate surface area is 100 Å². The molecule has 0 unspecified atom stereocenters. The Hall–Kier alpha value is -0.710. The van der Waals surface area contributed by atoms with Crippen LogP contribution in [0.4, 0.5) is 8.78 Å². The summed E-state index contributed by atoms with van der Waals surface area (Å²) in [4.78, 5) is 13.7. The summed E-state index contributed by atoms with van der Waals surface area (Å²) in [5.74, 6) is 0.00141. The molecule has 0 heterocycles. The minimum Gasteiger partial charge on any atom is -0.334 e. The van der Waals surface area contributed by atoms with Crippen molar-refractivity contribution in [1.29, 1.82) is 0 Å². The van der Waals surface area contributed by atoms with Crippen LogP contribution in [-0.4, -0.2) is 36.4 Å². The lowest BCUT2D eigenvalue weighted by molar-refractivity contribution is -0.139. The second-order valence-corrected chi connectivity index (χ2v) is 5.15. The van der Waals surface area contributed by atoms with Gasteiger partial charge in [-0.3, -0.25) is 4.79 Å². The Balaban J connectivity index is 2.00. The van der Waals surface area contributed by atoms with Crippen molar-refractivity contribution < 1.29 is 13.6 Å². The third-order valence-electron chi connectivity index (χ3n) is 3.88. The van der Waals surface area contributed by atoms with Crippen molar-refractivity contribution in [3.63, 3.8) is 0 Å². The first-order valence-corrected chi connectivity index (χ1v) is 6.42. The Morgan fingerprint density at radius 1 is 1.29 bits per heavy atom. The van der Waals surface area contributed by atoms with E-state index in [1.54, 1.807) is 0 Å². The molecule has 2 fully saturated rings. The van der Waals surface area contributed by atoms with E-state index in [-0.39, 0.29) is 23.8 Å². The highest BCUT2D eigenvalue weighted by atomic mass is 19.3. The van der Waals surface area contributed by atoms with Gasteiger partial charge in [0.2, 0.25) is 5.91 Å². The summed E-state index contributed by atoms with van der Waals surface area (Å²) in [5.41, 5.74) is 5.64. The lowest BCUT2D eigenvalue weighted by Crippen LogP contribution is -2.42. The van der Waals surface area contributed by atoms with Gasteiger partial charge in [-0.25, -0.2) is 8.78 Å². The number of carbonyl (C=O) groups is 1. The largest absolute Gasteiger partial charge is 0.334 e. The average molecular weight is 246 g/mol. The van der Waals surface area contributed by atoms with Crippen molar-refractivity contribution in [2.75, 3.05) is 13.1 Å². The van der Waals surface area contributed by atoms with Crippen molar-refractivity contribution in [2.24, 2.45) is 17.6 Å². The molecule has 2 rings (SSSR count). The number of nitrogens with zero attached hydrogens (tertiary/aromatic N) is 1. The van der Waals surface area contributed by atoms with E-state index >= 15 is 0 Å². The molecular weight excluding hydrogens is 226 g/mol. The zero-order chi connectivity index (χ0) is 12.4. The molecule has 3 nitrogen and oxygen atoms in total. The summed E-state index contributed by atoms with van der Waals surface area (Å²) in [5, 5.41) is 0. The second kappa shape index (κ2) is 5.29. The predicted octanol–water partition coefficient (Wildman–Crippen LogP) is 1.62. The first-order chi connectivity index (χ1) is 8.13. The Bertz CT molecular complexity index is 282. The number of hydrogen-bond acceptors (Lipinski definition) is 2. The van der Waals surface area contributed by atoms with Gasteiger partial charge in [0.05, 0.1) is 6.54 Å². The van der Waals surface area contributed by atoms with Crippen molar-refractivity contribution in [3.05, 3.63) is 0 Å². The van der Waals surface area contributed by atoms with E-state index in [0.29, 0.717) is 6.54 Å². The highest BCUT2D eigenvalue weighted by Crippen LogP contribution is 2.36. The van der Waals surface area contributed by atoms with Crippen LogP contribution in [0.2, 0.25) is 0 Å². The highest BCUT2D eigenvalue weighted by Gasteiger charge is 2.40. The van der Waals surface area contributed by atoms with Gasteiger partial charge >= 0.3 is 0 Å². The minimum absolute atomic E-state index is 0.0653. The van der Waals surface area contributed by atoms with Gasteiger partial charge in [0.1, 0.15) is 0 Å². The third kappa shape index (κ3) is 2.94. The number of carbonyl (C=O) groups excluding carboxylic acids is 1. The SMILES string of the molecule is NC[C@H]1CCC[C@H]1C(=O)N(CC(F)F)C1CC1. The van der Waals surface area contributed by atoms with Crippen LogP contribution in [0.25, 0.3) is 0 Å². The molecule has 2 N–H and O–H groups in total. The van der Waals surface area contributed by atoms with Crippen LogP contribution in [0.3, 0.4) is 0 Å². The fourth-order valence-corrected chi connectivity index (χ4v) is 2.81. The van der Waals surface area contributed by atoms with Gasteiger partial charge in [0.25, 0.3) is 6.43 Å². The Morgan fingerprint density at radius 2 is 2.00 bits per heavy atom. The first kappa shape index (κ1) is 12.7. The minimum atomic E-state index is -2.43. The molecule has 5 heteroatoms. The molecule has 17 heavy (non-hydrogen) atoms. The molecule has 0 saturated heterocycles. The van der Waals surface area contributed by atoms with Gasteiger partial charge in [-0.15, -0.1) is 0 Å². The zero-order valence-corrected chi connectivity index (χ0v) is 9.95. The number of alkyl halides is 2. The molecule has 1 amide bonds. The molecule has 2 atom stereocenters. The fourth-order valence-electron chi connectivity index (χ4n) is 2.81. The maximum Gasteiger partial charge on any atom is 0.255 e. The standard InChI is InChI=1S/C12H20F2N2O/c13-11(14)7-16(9-4-5-9)12(17)10-3-1-2-8(10)6-15/h8-11H,1-7,15H2/t8-,10-/m1/s1. The lowest BCUT2D eigenvalue weighted by atomic mass is 9.94. The summed E-state index contributed by atoms with van der Waals surface area (Å²) in [6, 6.07) is 0.0653. The first-order valence-electron chi connectivity index (χ1n) is 6.42. The molecule has 2 aliphatic rings. The van der Waals surface area contributed by atoms with Gasteiger partial charge in [0, 0.05) is 12.0 Å². The average Bonchev–Trinajstić information content (AvgIpc) is 3.02. The number of rotatable bonds is 5. The number of hydrogen-bond donors (Lipinski definition) is 1. The number of amides is 1. The van der Waals surface area contributed by atoms with Crippen LogP contribution in [0.15, 0.2) is 0 Å². The molecule has 0 aliphatic heterocycles. The quantitative estimate of drug-likeness (QED) is 0.801. The van der Waals surface area contributed by atoms with Crippen LogP contribution >= 0.6 is 0 Å². The Morgan fingerprint density at radius 3 is 2.53 bits per heavy atom. The molecule has 0 radical (unpaired) electrons. The van der Waals surface area contributed by atoms with E-state index in [0.717, 1.165) is 32.1 Å². The summed E-state index contributed by atoms with van der Waals surface area (Å²) in [6.45, 7) is 0.0842. The van der Waals surface area contributed by atoms with Gasteiger partial charge in [-0.05, 0) is 38.1 Å². The topological polar surface area (TPSA) is 46.3 Å². The zero-order valence-electron chi connectivity index (χ0n) is 9.95. The molecule has 0 aromatic carbocycles. The molecular formula is C12H20F2N2O. The molecule has 2 saturated carbocycles. The van der Waals surface area contributed by atoms with E-state index in [1.165, 1.54) is 4.90 Å². The Kier molecular flexibility index (Phi) is 3.97. The molecule has 0 spiro atoms. The predicted molar refractivity (Wildman–Crippen MR) is 60.6 cm³/mol. The van der Waals surface area contributed by atoms with Crippen molar-refractivity contribution in [1.82, 2.24) is 4.90 Å². The highest BCUT2D eigenvalue weighted by molar-refractivity contribution is 5.80. The summed E-state index contributed by atoms with van der Waals surface area (Å²) < 4.78 is 25.0. The maximum atomic E-state index is 12.5. The van der Waals surface area contributed by atoms with Crippen LogP contribution in [0.5, 0.6) is 0 Å². The van der Waals surface area contributed by atoms with E-state index in [9.17, 15) is 13.6 Å². The molecule has 2 aliphatic carbocycles. The van der Waals surface area contributed by atoms with Gasteiger partial charge in [0.15, 0.2) is 0 Å². The monoisotopic (exact) mass is 246 g/mol. The molecule has 0 aromatic heterocycles. The van der Waals surface area contributed by atoms with E-state index < -0.39 is 13.0 Å². The van der Waals surface area contributed by atoms with E-state index in [1.807, 2.05) is 0 Å². The van der Waals surface area contributed by atoms with E-state index in [2.05, 4.69) is 0 Å². The van der Waals surface area contributed by atoms with Crippen LogP contribution in [0, 0.1) is 11.8 Å². The molecule has 98 valence electrons.